The molecule has 1 aromatic carbocycles. The summed E-state index contributed by atoms with van der Waals surface area (Å²) in [5, 5.41) is 11.1. The number of non-ortho nitro benzene ring substituents is 1. The molecule has 24 heavy (non-hydrogen) atoms. The van der Waals surface area contributed by atoms with Crippen LogP contribution in [-0.2, 0) is 10.8 Å². The van der Waals surface area contributed by atoms with Crippen LogP contribution in [0.3, 0.4) is 0 Å². The summed E-state index contributed by atoms with van der Waals surface area (Å²) in [4.78, 5) is 20.9. The summed E-state index contributed by atoms with van der Waals surface area (Å²) in [6.45, 7) is 4.26. The maximum absolute atomic E-state index is 11.1. The van der Waals surface area contributed by atoms with Gasteiger partial charge in [-0.3, -0.25) is 0 Å². The van der Waals surface area contributed by atoms with Gasteiger partial charge in [0.15, 0.2) is 0 Å². The second-order valence-corrected chi connectivity index (χ2v) is 37.0. The minimum absolute atomic E-state index is 0.234. The van der Waals surface area contributed by atoms with E-state index in [1.165, 1.54) is 38.5 Å². The van der Waals surface area contributed by atoms with Crippen LogP contribution in [-0.4, -0.2) is 4.92 Å². The third-order valence-electron chi connectivity index (χ3n) is 17.4. The molecule has 10 fully saturated rings. The molecule has 0 radical (unpaired) electrons. The van der Waals surface area contributed by atoms with E-state index in [-0.39, 0.29) is 10.6 Å². The molecule has 0 aliphatic carbocycles. The number of nitro groups is 1. The fraction of sp³-hybridized carbons (Fsp3) is 0.700. The molecule has 0 amide bonds. The first-order valence-corrected chi connectivity index (χ1v) is 15.8. The first-order valence-electron chi connectivity index (χ1n) is 9.56. The fourth-order valence-corrected chi connectivity index (χ4v) is 99.6. The Hall–Kier alpha value is -0.861. The van der Waals surface area contributed by atoms with Crippen molar-refractivity contribution in [1.82, 2.24) is 0 Å². The minimum atomic E-state index is -3.45. The van der Waals surface area contributed by atoms with Crippen LogP contribution >= 0.6 is 0 Å². The zero-order chi connectivity index (χ0) is 16.0. The van der Waals surface area contributed by atoms with Gasteiger partial charge in [-0.1, -0.05) is 0 Å². The standard InChI is InChI=1S/C15H16NO2.C5H5.Fe/c1-15(2,3)14-6-4-5-13(14)11-7-9-12(10-8-11)16(17)18;1-2-4-5-3-1;/h4-10H,1-3H3;1-5H;. The molecule has 0 aromatic heterocycles. The van der Waals surface area contributed by atoms with Gasteiger partial charge in [0.05, 0.1) is 0 Å². The van der Waals surface area contributed by atoms with Gasteiger partial charge in [-0.05, 0) is 0 Å². The summed E-state index contributed by atoms with van der Waals surface area (Å²) in [6.07, 6.45) is 0. The molecule has 5 atom stereocenters. The number of hydrogen-bond donors (Lipinski definition) is 0. The van der Waals surface area contributed by atoms with Gasteiger partial charge in [-0.2, -0.15) is 0 Å². The Balaban J connectivity index is 1.38. The van der Waals surface area contributed by atoms with Crippen LogP contribution < -0.4 is 0 Å². The molecular formula is C20H21FeNO2. The van der Waals surface area contributed by atoms with Crippen molar-refractivity contribution in [2.45, 2.75) is 67.9 Å². The van der Waals surface area contributed by atoms with Gasteiger partial charge in [-0.15, -0.1) is 0 Å². The molecule has 1 spiro atoms. The molecular weight excluding hydrogens is 342 g/mol. The van der Waals surface area contributed by atoms with Gasteiger partial charge in [-0.25, -0.2) is 0 Å². The Kier molecular flexibility index (Phi) is 0.433. The molecule has 10 aliphatic heterocycles. The van der Waals surface area contributed by atoms with Gasteiger partial charge < -0.3 is 0 Å². The Bertz CT molecular complexity index is 1380. The molecule has 1 aromatic rings. The molecule has 5 unspecified atom stereocenters. The predicted molar refractivity (Wildman–Crippen MR) is 86.9 cm³/mol. The van der Waals surface area contributed by atoms with Crippen molar-refractivity contribution in [2.24, 2.45) is 5.41 Å². The molecule has 0 N–H and O–H groups in total. The first kappa shape index (κ1) is 10.3. The number of rotatable bonds is 2. The van der Waals surface area contributed by atoms with Crippen molar-refractivity contribution < 1.29 is 11.4 Å². The van der Waals surface area contributed by atoms with E-state index in [2.05, 4.69) is 32.9 Å². The van der Waals surface area contributed by atoms with Crippen LogP contribution in [0.1, 0.15) is 26.3 Å². The number of nitrogens with zero attached hydrogens (tertiary/aromatic N) is 1. The van der Waals surface area contributed by atoms with Crippen LogP contribution in [0.25, 0.3) is 0 Å². The van der Waals surface area contributed by atoms with Crippen molar-refractivity contribution in [2.75, 3.05) is 0 Å². The molecule has 11 rings (SSSR count). The molecule has 10 saturated heterocycles. The van der Waals surface area contributed by atoms with Gasteiger partial charge in [0.2, 0.25) is 0 Å². The first-order chi connectivity index (χ1) is 11.1. The Labute approximate surface area is 130 Å². The number of benzene rings is 1. The third kappa shape index (κ3) is 0.132. The average molecular weight is 363 g/mol. The van der Waals surface area contributed by atoms with Crippen LogP contribution in [0.2, 0.25) is 42.8 Å². The molecule has 4 heteroatoms. The number of fused-ring (bicyclic) bond motifs is 10. The summed E-state index contributed by atoms with van der Waals surface area (Å²) >= 11 is 0. The summed E-state index contributed by atoms with van der Waals surface area (Å²) < 4.78 is 1.37. The predicted octanol–water partition coefficient (Wildman–Crippen LogP) is 5.81. The summed E-state index contributed by atoms with van der Waals surface area (Å²) in [5.74, 6) is 0. The fourth-order valence-electron chi connectivity index (χ4n) is 20.5. The van der Waals surface area contributed by atoms with Crippen molar-refractivity contribution >= 4 is 5.69 Å². The second kappa shape index (κ2) is 1.01. The number of hydrogen-bond acceptors (Lipinski definition) is 2. The quantitative estimate of drug-likeness (QED) is 0.378. The Morgan fingerprint density at radius 1 is 0.958 bits per heavy atom. The van der Waals surface area contributed by atoms with E-state index in [4.69, 9.17) is 0 Å². The van der Waals surface area contributed by atoms with Crippen LogP contribution in [0.15, 0.2) is 24.3 Å². The van der Waals surface area contributed by atoms with Gasteiger partial charge in [0.1, 0.15) is 0 Å². The number of nitro benzene ring substituents is 1. The van der Waals surface area contributed by atoms with Gasteiger partial charge >= 0.3 is 130 Å². The Morgan fingerprint density at radius 2 is 1.50 bits per heavy atom. The van der Waals surface area contributed by atoms with Crippen molar-refractivity contribution in [3.63, 3.8) is 0 Å². The van der Waals surface area contributed by atoms with Gasteiger partial charge in [0, 0.05) is 0 Å². The molecule has 0 bridgehead atoms. The third-order valence-corrected chi connectivity index (χ3v) is 60.8. The zero-order valence-corrected chi connectivity index (χ0v) is 15.1. The van der Waals surface area contributed by atoms with Crippen molar-refractivity contribution in [3.8, 4) is 0 Å². The molecule has 10 heterocycles. The van der Waals surface area contributed by atoms with Crippen molar-refractivity contribution in [3.05, 3.63) is 39.9 Å². The van der Waals surface area contributed by atoms with Crippen molar-refractivity contribution in [1.29, 1.82) is 0 Å². The maximum atomic E-state index is 11.1. The van der Waals surface area contributed by atoms with Crippen LogP contribution in [0, 0.1) is 15.5 Å². The molecule has 0 saturated carbocycles. The zero-order valence-electron chi connectivity index (χ0n) is 14.0. The monoisotopic (exact) mass is 363 g/mol. The second-order valence-electron chi connectivity index (χ2n) is 13.8. The van der Waals surface area contributed by atoms with Crippen LogP contribution in [0.5, 0.6) is 0 Å². The topological polar surface area (TPSA) is 43.1 Å². The van der Waals surface area contributed by atoms with E-state index in [1.54, 1.807) is 5.56 Å². The van der Waals surface area contributed by atoms with Gasteiger partial charge in [0.25, 0.3) is 0 Å². The SMILES string of the molecule is CC(C)(C)[C]12[CH]3[CH]4[CH]5[C]1(c1ccc([N+](=O)[O-])cc1)[Fe]45321678[CH]2[CH]1[CH]6[CH]7[CH]28. The average Bonchev–Trinajstić information content (AvgIpc) is 3.46. The molecule has 10 aliphatic rings. The normalized spacial score (nSPS) is 91.5. The summed E-state index contributed by atoms with van der Waals surface area (Å²) in [7, 11) is 0. The summed E-state index contributed by atoms with van der Waals surface area (Å²) in [6, 6.07) is 8.07. The van der Waals surface area contributed by atoms with E-state index in [1.807, 2.05) is 12.1 Å². The molecule has 3 nitrogen and oxygen atoms in total. The van der Waals surface area contributed by atoms with E-state index in [0.29, 0.717) is 9.73 Å². The van der Waals surface area contributed by atoms with Crippen LogP contribution in [0.4, 0.5) is 5.69 Å². The van der Waals surface area contributed by atoms with E-state index in [9.17, 15) is 10.1 Å². The van der Waals surface area contributed by atoms with E-state index < -0.39 is 6.51 Å². The Morgan fingerprint density at radius 3 is 1.83 bits per heavy atom. The van der Waals surface area contributed by atoms with E-state index >= 15 is 0 Å². The van der Waals surface area contributed by atoms with E-state index in [0.717, 1.165) is 4.31 Å². The molecule has 126 valence electrons. The summed E-state index contributed by atoms with van der Waals surface area (Å²) in [5.41, 5.74) is 2.32.